The van der Waals surface area contributed by atoms with Gasteiger partial charge in [0.1, 0.15) is 35.8 Å². The predicted octanol–water partition coefficient (Wildman–Crippen LogP) is 2.95. The summed E-state index contributed by atoms with van der Waals surface area (Å²) >= 11 is 0. The molecule has 1 aromatic heterocycles. The van der Waals surface area contributed by atoms with Gasteiger partial charge in [-0.3, -0.25) is 4.79 Å². The Morgan fingerprint density at radius 3 is 2.53 bits per heavy atom. The largest absolute Gasteiger partial charge is 0.491 e. The summed E-state index contributed by atoms with van der Waals surface area (Å²) < 4.78 is 29.3. The maximum atomic E-state index is 13.1. The molecule has 1 amide bonds. The summed E-state index contributed by atoms with van der Waals surface area (Å²) in [6.45, 7) is -0.311. The normalized spacial score (nSPS) is 11.4. The summed E-state index contributed by atoms with van der Waals surface area (Å²) in [6, 6.07) is 17.7. The first-order chi connectivity index (χ1) is 14.6. The third kappa shape index (κ3) is 7.06. The minimum Gasteiger partial charge on any atom is -0.491 e. The van der Waals surface area contributed by atoms with Gasteiger partial charge in [-0.1, -0.05) is 12.1 Å². The van der Waals surface area contributed by atoms with E-state index in [1.807, 2.05) is 6.07 Å². The van der Waals surface area contributed by atoms with Gasteiger partial charge in [-0.15, -0.1) is 0 Å². The number of nitrogens with one attached hydrogen (secondary N) is 1. The highest BCUT2D eigenvalue weighted by Gasteiger charge is 2.09. The number of aliphatic hydroxyl groups is 1. The molecule has 1 heterocycles. The van der Waals surface area contributed by atoms with E-state index >= 15 is 0 Å². The maximum Gasteiger partial charge on any atom is 0.258 e. The van der Waals surface area contributed by atoms with Gasteiger partial charge in [0.05, 0.1) is 0 Å². The van der Waals surface area contributed by atoms with Crippen molar-refractivity contribution in [2.75, 3.05) is 19.8 Å². The molecule has 2 N–H and O–H groups in total. The van der Waals surface area contributed by atoms with Gasteiger partial charge >= 0.3 is 0 Å². The molecular formula is C22H21FN2O5. The van der Waals surface area contributed by atoms with Crippen molar-refractivity contribution in [3.05, 3.63) is 78.7 Å². The highest BCUT2D eigenvalue weighted by molar-refractivity contribution is 5.77. The molecule has 0 saturated heterocycles. The number of halogens is 1. The van der Waals surface area contributed by atoms with Gasteiger partial charge in [0, 0.05) is 24.9 Å². The van der Waals surface area contributed by atoms with E-state index in [1.54, 1.807) is 48.7 Å². The quantitative estimate of drug-likeness (QED) is 0.532. The second kappa shape index (κ2) is 10.8. The van der Waals surface area contributed by atoms with Crippen LogP contribution in [0.15, 0.2) is 72.9 Å². The number of rotatable bonds is 10. The SMILES string of the molecule is O=C(COc1ccc(Oc2ccccn2)cc1)NC[C@@H](O)COc1cccc(F)c1. The van der Waals surface area contributed by atoms with E-state index < -0.39 is 17.8 Å². The predicted molar refractivity (Wildman–Crippen MR) is 107 cm³/mol. The first kappa shape index (κ1) is 21.1. The fourth-order valence-electron chi connectivity index (χ4n) is 2.37. The average Bonchev–Trinajstić information content (AvgIpc) is 2.76. The van der Waals surface area contributed by atoms with Gasteiger partial charge in [-0.25, -0.2) is 9.37 Å². The van der Waals surface area contributed by atoms with Crippen LogP contribution in [0.4, 0.5) is 4.39 Å². The van der Waals surface area contributed by atoms with Gasteiger partial charge in [0.15, 0.2) is 6.61 Å². The molecule has 0 spiro atoms. The number of carbonyl (C=O) groups is 1. The fourth-order valence-corrected chi connectivity index (χ4v) is 2.37. The van der Waals surface area contributed by atoms with Gasteiger partial charge in [0.2, 0.25) is 5.88 Å². The molecule has 0 saturated carbocycles. The monoisotopic (exact) mass is 412 g/mol. The molecule has 0 aliphatic carbocycles. The zero-order valence-corrected chi connectivity index (χ0v) is 16.0. The number of aromatic nitrogens is 1. The minimum atomic E-state index is -0.944. The molecule has 3 rings (SSSR count). The summed E-state index contributed by atoms with van der Waals surface area (Å²) in [7, 11) is 0. The van der Waals surface area contributed by atoms with Crippen LogP contribution in [0.2, 0.25) is 0 Å². The Kier molecular flexibility index (Phi) is 7.57. The van der Waals surface area contributed by atoms with Crippen molar-refractivity contribution >= 4 is 5.91 Å². The van der Waals surface area contributed by atoms with Crippen molar-refractivity contribution in [2.45, 2.75) is 6.10 Å². The number of benzene rings is 2. The van der Waals surface area contributed by atoms with Crippen LogP contribution in [0.1, 0.15) is 0 Å². The van der Waals surface area contributed by atoms with Crippen molar-refractivity contribution in [1.29, 1.82) is 0 Å². The molecular weight excluding hydrogens is 391 g/mol. The van der Waals surface area contributed by atoms with Crippen LogP contribution < -0.4 is 19.5 Å². The number of carbonyl (C=O) groups excluding carboxylic acids is 1. The Morgan fingerprint density at radius 2 is 1.80 bits per heavy atom. The number of nitrogens with zero attached hydrogens (tertiary/aromatic N) is 1. The van der Waals surface area contributed by atoms with Crippen molar-refractivity contribution < 1.29 is 28.5 Å². The van der Waals surface area contributed by atoms with Crippen LogP contribution >= 0.6 is 0 Å². The summed E-state index contributed by atoms with van der Waals surface area (Å²) in [5, 5.41) is 12.4. The zero-order chi connectivity index (χ0) is 21.2. The number of hydrogen-bond acceptors (Lipinski definition) is 6. The summed E-state index contributed by atoms with van der Waals surface area (Å²) in [6.07, 6.45) is 0.691. The molecule has 3 aromatic rings. The lowest BCUT2D eigenvalue weighted by Gasteiger charge is -2.13. The Hall–Kier alpha value is -3.65. The third-order valence-corrected chi connectivity index (χ3v) is 3.83. The van der Waals surface area contributed by atoms with Crippen molar-refractivity contribution in [3.8, 4) is 23.1 Å². The molecule has 0 radical (unpaired) electrons. The molecule has 2 aromatic carbocycles. The highest BCUT2D eigenvalue weighted by atomic mass is 19.1. The lowest BCUT2D eigenvalue weighted by molar-refractivity contribution is -0.123. The first-order valence-electron chi connectivity index (χ1n) is 9.23. The van der Waals surface area contributed by atoms with E-state index in [0.717, 1.165) is 0 Å². The van der Waals surface area contributed by atoms with Crippen molar-refractivity contribution in [2.24, 2.45) is 0 Å². The number of ether oxygens (including phenoxy) is 3. The summed E-state index contributed by atoms with van der Waals surface area (Å²) in [5.74, 6) is 1.04. The van der Waals surface area contributed by atoms with Crippen molar-refractivity contribution in [1.82, 2.24) is 10.3 Å². The standard InChI is InChI=1S/C22H21FN2O5/c23-16-4-3-5-20(12-16)28-14-17(26)13-25-21(27)15-29-18-7-9-19(10-8-18)30-22-6-1-2-11-24-22/h1-12,17,26H,13-15H2,(H,25,27)/t17-/m1/s1. The van der Waals surface area contributed by atoms with E-state index in [1.165, 1.54) is 18.2 Å². The number of aliphatic hydroxyl groups excluding tert-OH is 1. The van der Waals surface area contributed by atoms with E-state index in [-0.39, 0.29) is 19.8 Å². The van der Waals surface area contributed by atoms with E-state index in [4.69, 9.17) is 14.2 Å². The van der Waals surface area contributed by atoms with Gasteiger partial charge in [-0.05, 0) is 42.5 Å². The van der Waals surface area contributed by atoms with Gasteiger partial charge in [-0.2, -0.15) is 0 Å². The minimum absolute atomic E-state index is 0.0195. The molecule has 0 aliphatic rings. The molecule has 0 bridgehead atoms. The summed E-state index contributed by atoms with van der Waals surface area (Å²) in [4.78, 5) is 15.9. The Labute approximate surface area is 173 Å². The maximum absolute atomic E-state index is 13.1. The van der Waals surface area contributed by atoms with Gasteiger partial charge in [0.25, 0.3) is 5.91 Å². The van der Waals surface area contributed by atoms with E-state index in [9.17, 15) is 14.3 Å². The molecule has 0 unspecified atom stereocenters. The fraction of sp³-hybridized carbons (Fsp3) is 0.182. The van der Waals surface area contributed by atoms with Crippen LogP contribution in [0, 0.1) is 5.82 Å². The van der Waals surface area contributed by atoms with E-state index in [0.29, 0.717) is 23.1 Å². The van der Waals surface area contributed by atoms with Gasteiger partial charge < -0.3 is 24.6 Å². The lowest BCUT2D eigenvalue weighted by Crippen LogP contribution is -2.37. The topological polar surface area (TPSA) is 89.9 Å². The second-order valence-corrected chi connectivity index (χ2v) is 6.26. The smallest absolute Gasteiger partial charge is 0.258 e. The molecule has 1 atom stereocenters. The van der Waals surface area contributed by atoms with Crippen molar-refractivity contribution in [3.63, 3.8) is 0 Å². The lowest BCUT2D eigenvalue weighted by atomic mass is 10.3. The van der Waals surface area contributed by atoms with Crippen LogP contribution in [0.3, 0.4) is 0 Å². The Morgan fingerprint density at radius 1 is 1.00 bits per heavy atom. The number of amides is 1. The highest BCUT2D eigenvalue weighted by Crippen LogP contribution is 2.22. The van der Waals surface area contributed by atoms with Crippen LogP contribution in [0.25, 0.3) is 0 Å². The Bertz CT molecular complexity index is 938. The average molecular weight is 412 g/mol. The number of pyridine rings is 1. The van der Waals surface area contributed by atoms with Crippen LogP contribution in [-0.4, -0.2) is 41.9 Å². The molecule has 156 valence electrons. The third-order valence-electron chi connectivity index (χ3n) is 3.83. The molecule has 0 fully saturated rings. The molecule has 8 heteroatoms. The van der Waals surface area contributed by atoms with Crippen LogP contribution in [-0.2, 0) is 4.79 Å². The molecule has 7 nitrogen and oxygen atoms in total. The zero-order valence-electron chi connectivity index (χ0n) is 16.0. The molecule has 0 aliphatic heterocycles. The second-order valence-electron chi connectivity index (χ2n) is 6.26. The Balaban J connectivity index is 1.35. The summed E-state index contributed by atoms with van der Waals surface area (Å²) in [5.41, 5.74) is 0. The van der Waals surface area contributed by atoms with Crippen LogP contribution in [0.5, 0.6) is 23.1 Å². The number of hydrogen-bond donors (Lipinski definition) is 2. The van der Waals surface area contributed by atoms with E-state index in [2.05, 4.69) is 10.3 Å². The first-order valence-corrected chi connectivity index (χ1v) is 9.23. The molecule has 30 heavy (non-hydrogen) atoms.